The number of para-hydroxylation sites is 2. The lowest BCUT2D eigenvalue weighted by molar-refractivity contribution is 0.101. The van der Waals surface area contributed by atoms with E-state index in [-0.39, 0.29) is 5.78 Å². The van der Waals surface area contributed by atoms with Crippen molar-refractivity contribution in [1.82, 2.24) is 19.6 Å². The zero-order valence-corrected chi connectivity index (χ0v) is 12.4. The van der Waals surface area contributed by atoms with Gasteiger partial charge in [0.05, 0.1) is 11.0 Å². The molecule has 0 unspecified atom stereocenters. The van der Waals surface area contributed by atoms with Gasteiger partial charge in [-0.3, -0.25) is 9.20 Å². The van der Waals surface area contributed by atoms with Gasteiger partial charge in [0.1, 0.15) is 6.33 Å². The summed E-state index contributed by atoms with van der Waals surface area (Å²) in [5.74, 6) is 0.620. The summed E-state index contributed by atoms with van der Waals surface area (Å²) < 4.78 is 1.89. The van der Waals surface area contributed by atoms with E-state index in [4.69, 9.17) is 0 Å². The monoisotopic (exact) mass is 303 g/mol. The molecule has 0 aliphatic rings. The maximum absolute atomic E-state index is 11.5. The molecule has 0 atom stereocenters. The van der Waals surface area contributed by atoms with Gasteiger partial charge in [-0.05, 0) is 31.2 Å². The van der Waals surface area contributed by atoms with E-state index < -0.39 is 0 Å². The van der Waals surface area contributed by atoms with E-state index in [1.54, 1.807) is 25.4 Å². The summed E-state index contributed by atoms with van der Waals surface area (Å²) in [7, 11) is 0. The van der Waals surface area contributed by atoms with Crippen LogP contribution in [0.25, 0.3) is 16.7 Å². The van der Waals surface area contributed by atoms with Crippen molar-refractivity contribution >= 4 is 34.0 Å². The number of carbonyl (C=O) groups is 1. The van der Waals surface area contributed by atoms with Crippen LogP contribution in [0.3, 0.4) is 0 Å². The maximum atomic E-state index is 11.5. The van der Waals surface area contributed by atoms with Crippen LogP contribution >= 0.6 is 0 Å². The second-order valence-corrected chi connectivity index (χ2v) is 5.24. The molecule has 0 radical (unpaired) electrons. The molecule has 4 rings (SSSR count). The Morgan fingerprint density at radius 3 is 2.87 bits per heavy atom. The van der Waals surface area contributed by atoms with Crippen LogP contribution in [0, 0.1) is 0 Å². The number of hydrogen-bond donors (Lipinski definition) is 1. The van der Waals surface area contributed by atoms with E-state index in [9.17, 15) is 4.79 Å². The van der Waals surface area contributed by atoms with E-state index in [1.807, 2.05) is 40.8 Å². The van der Waals surface area contributed by atoms with Crippen molar-refractivity contribution in [2.75, 3.05) is 5.32 Å². The molecule has 2 heterocycles. The zero-order valence-electron chi connectivity index (χ0n) is 12.4. The molecule has 0 spiro atoms. The van der Waals surface area contributed by atoms with Crippen molar-refractivity contribution in [3.63, 3.8) is 0 Å². The molecule has 112 valence electrons. The number of fused-ring (bicyclic) bond motifs is 3. The first-order valence-electron chi connectivity index (χ1n) is 7.19. The normalized spacial score (nSPS) is 11.0. The van der Waals surface area contributed by atoms with E-state index in [0.717, 1.165) is 16.7 Å². The summed E-state index contributed by atoms with van der Waals surface area (Å²) >= 11 is 0. The molecule has 0 aliphatic carbocycles. The minimum absolute atomic E-state index is 0.0211. The Morgan fingerprint density at radius 2 is 2.00 bits per heavy atom. The van der Waals surface area contributed by atoms with Gasteiger partial charge in [-0.1, -0.05) is 24.3 Å². The number of ketones is 1. The number of nitrogens with zero attached hydrogens (tertiary/aromatic N) is 4. The fourth-order valence-electron chi connectivity index (χ4n) is 2.54. The van der Waals surface area contributed by atoms with Crippen molar-refractivity contribution in [2.24, 2.45) is 0 Å². The molecule has 23 heavy (non-hydrogen) atoms. The Hall–Kier alpha value is -3.28. The third-order valence-corrected chi connectivity index (χ3v) is 3.66. The standard InChI is InChI=1S/C17H13N5O/c1-11(23)12-5-4-6-13(9-12)19-16-17-21-18-10-22(17)15-8-3-2-7-14(15)20-16/h2-10H,1H3,(H,19,20). The van der Waals surface area contributed by atoms with Gasteiger partial charge >= 0.3 is 0 Å². The van der Waals surface area contributed by atoms with E-state index in [0.29, 0.717) is 17.0 Å². The highest BCUT2D eigenvalue weighted by atomic mass is 16.1. The number of benzene rings is 2. The first kappa shape index (κ1) is 13.4. The molecule has 0 fully saturated rings. The second kappa shape index (κ2) is 5.17. The lowest BCUT2D eigenvalue weighted by atomic mass is 10.1. The molecule has 0 bridgehead atoms. The van der Waals surface area contributed by atoms with Crippen molar-refractivity contribution in [1.29, 1.82) is 0 Å². The summed E-state index contributed by atoms with van der Waals surface area (Å²) in [6.07, 6.45) is 1.66. The highest BCUT2D eigenvalue weighted by molar-refractivity contribution is 5.95. The largest absolute Gasteiger partial charge is 0.337 e. The minimum atomic E-state index is 0.0211. The Morgan fingerprint density at radius 1 is 1.13 bits per heavy atom. The van der Waals surface area contributed by atoms with Gasteiger partial charge in [0.2, 0.25) is 5.65 Å². The van der Waals surface area contributed by atoms with Gasteiger partial charge in [0, 0.05) is 11.3 Å². The third kappa shape index (κ3) is 2.30. The van der Waals surface area contributed by atoms with Crippen LogP contribution in [-0.2, 0) is 0 Å². The Balaban J connectivity index is 1.86. The lowest BCUT2D eigenvalue weighted by Crippen LogP contribution is -2.01. The molecule has 0 amide bonds. The first-order valence-corrected chi connectivity index (χ1v) is 7.19. The van der Waals surface area contributed by atoms with Gasteiger partial charge in [-0.25, -0.2) is 4.98 Å². The first-order chi connectivity index (χ1) is 11.2. The van der Waals surface area contributed by atoms with Crippen molar-refractivity contribution < 1.29 is 4.79 Å². The van der Waals surface area contributed by atoms with Crippen LogP contribution in [-0.4, -0.2) is 25.4 Å². The van der Waals surface area contributed by atoms with Crippen molar-refractivity contribution in [3.8, 4) is 0 Å². The third-order valence-electron chi connectivity index (χ3n) is 3.66. The van der Waals surface area contributed by atoms with Gasteiger partial charge in [0.15, 0.2) is 11.6 Å². The molecule has 0 saturated heterocycles. The maximum Gasteiger partial charge on any atom is 0.204 e. The Labute approximate surface area is 131 Å². The molecule has 6 nitrogen and oxygen atoms in total. The van der Waals surface area contributed by atoms with E-state index >= 15 is 0 Å². The zero-order chi connectivity index (χ0) is 15.8. The smallest absolute Gasteiger partial charge is 0.204 e. The molecular formula is C17H13N5O. The van der Waals surface area contributed by atoms with Crippen LogP contribution in [0.4, 0.5) is 11.5 Å². The predicted octanol–water partition coefficient (Wildman–Crippen LogP) is 3.22. The quantitative estimate of drug-likeness (QED) is 0.588. The Bertz CT molecular complexity index is 1040. The number of anilines is 2. The van der Waals surface area contributed by atoms with E-state index in [1.165, 1.54) is 0 Å². The Kier molecular flexibility index (Phi) is 3.01. The lowest BCUT2D eigenvalue weighted by Gasteiger charge is -2.09. The number of nitrogens with one attached hydrogen (secondary N) is 1. The summed E-state index contributed by atoms with van der Waals surface area (Å²) in [6, 6.07) is 15.1. The predicted molar refractivity (Wildman–Crippen MR) is 88.0 cm³/mol. The summed E-state index contributed by atoms with van der Waals surface area (Å²) in [5.41, 5.74) is 3.84. The molecule has 4 aromatic rings. The average molecular weight is 303 g/mol. The summed E-state index contributed by atoms with van der Waals surface area (Å²) in [5, 5.41) is 11.4. The van der Waals surface area contributed by atoms with Crippen LogP contribution in [0.1, 0.15) is 17.3 Å². The number of rotatable bonds is 3. The number of carbonyl (C=O) groups excluding carboxylic acids is 1. The summed E-state index contributed by atoms with van der Waals surface area (Å²) in [6.45, 7) is 1.55. The van der Waals surface area contributed by atoms with Crippen LogP contribution in [0.5, 0.6) is 0 Å². The molecule has 2 aromatic carbocycles. The number of aromatic nitrogens is 4. The molecule has 0 aliphatic heterocycles. The SMILES string of the molecule is CC(=O)c1cccc(Nc2nc3ccccc3n3cnnc23)c1. The van der Waals surface area contributed by atoms with Gasteiger partial charge < -0.3 is 5.32 Å². The highest BCUT2D eigenvalue weighted by Gasteiger charge is 2.10. The van der Waals surface area contributed by atoms with Crippen LogP contribution in [0.2, 0.25) is 0 Å². The topological polar surface area (TPSA) is 72.2 Å². The van der Waals surface area contributed by atoms with Gasteiger partial charge in [-0.15, -0.1) is 10.2 Å². The van der Waals surface area contributed by atoms with Crippen LogP contribution < -0.4 is 5.32 Å². The van der Waals surface area contributed by atoms with Crippen molar-refractivity contribution in [3.05, 3.63) is 60.4 Å². The fraction of sp³-hybridized carbons (Fsp3) is 0.0588. The van der Waals surface area contributed by atoms with E-state index in [2.05, 4.69) is 20.5 Å². The molecular weight excluding hydrogens is 290 g/mol. The van der Waals surface area contributed by atoms with Crippen LogP contribution in [0.15, 0.2) is 54.9 Å². The minimum Gasteiger partial charge on any atom is -0.337 e. The molecule has 1 N–H and O–H groups in total. The number of Topliss-reactive ketones (excluding diaryl/α,β-unsaturated/α-hetero) is 1. The fourth-order valence-corrected chi connectivity index (χ4v) is 2.54. The summed E-state index contributed by atoms with van der Waals surface area (Å²) in [4.78, 5) is 16.2. The van der Waals surface area contributed by atoms with Crippen molar-refractivity contribution in [2.45, 2.75) is 6.92 Å². The molecule has 0 saturated carbocycles. The second-order valence-electron chi connectivity index (χ2n) is 5.24. The van der Waals surface area contributed by atoms with Gasteiger partial charge in [-0.2, -0.15) is 0 Å². The average Bonchev–Trinajstić information content (AvgIpc) is 3.05. The number of hydrogen-bond acceptors (Lipinski definition) is 5. The molecule has 6 heteroatoms. The highest BCUT2D eigenvalue weighted by Crippen LogP contribution is 2.23. The molecule has 2 aromatic heterocycles. The van der Waals surface area contributed by atoms with Gasteiger partial charge in [0.25, 0.3) is 0 Å².